The van der Waals surface area contributed by atoms with Crippen molar-refractivity contribution in [1.82, 2.24) is 23.9 Å². The van der Waals surface area contributed by atoms with Crippen LogP contribution in [0.3, 0.4) is 0 Å². The van der Waals surface area contributed by atoms with E-state index in [2.05, 4.69) is 19.5 Å². The Bertz CT molecular complexity index is 1440. The summed E-state index contributed by atoms with van der Waals surface area (Å²) in [5, 5.41) is 10.4. The van der Waals surface area contributed by atoms with E-state index in [-0.39, 0.29) is 4.90 Å². The van der Waals surface area contributed by atoms with Crippen LogP contribution in [0.4, 0.5) is 5.95 Å². The first-order valence-corrected chi connectivity index (χ1v) is 12.5. The topological polar surface area (TPSA) is 83.7 Å². The smallest absolute Gasteiger partial charge is 0.243 e. The van der Waals surface area contributed by atoms with E-state index in [1.807, 2.05) is 24.3 Å². The second-order valence-corrected chi connectivity index (χ2v) is 10.6. The molecule has 2 fully saturated rings. The highest BCUT2D eigenvalue weighted by Gasteiger charge is 2.33. The lowest BCUT2D eigenvalue weighted by Crippen LogP contribution is -2.49. The fraction of sp³-hybridized carbons (Fsp3) is 0.318. The standard InChI is InChI=1S/C22H21ClN6O2S/c23-16-4-3-5-17(14-16)32(30,31)28-12-10-27(11-13-28)22-24-19-7-2-1-6-18(19)21-26-25-20(29(21)22)15-8-9-15/h1-7,14-15H,8-13H2. The predicted octanol–water partition coefficient (Wildman–Crippen LogP) is 3.32. The van der Waals surface area contributed by atoms with E-state index in [1.165, 1.54) is 10.4 Å². The second-order valence-electron chi connectivity index (χ2n) is 8.27. The Morgan fingerprint density at radius 3 is 2.47 bits per heavy atom. The van der Waals surface area contributed by atoms with E-state index in [9.17, 15) is 8.42 Å². The zero-order valence-corrected chi connectivity index (χ0v) is 18.8. The third kappa shape index (κ3) is 3.23. The number of anilines is 1. The molecule has 1 aliphatic carbocycles. The number of hydrogen-bond donors (Lipinski definition) is 0. The monoisotopic (exact) mass is 468 g/mol. The maximum Gasteiger partial charge on any atom is 0.243 e. The van der Waals surface area contributed by atoms with Crippen molar-refractivity contribution in [1.29, 1.82) is 0 Å². The van der Waals surface area contributed by atoms with Gasteiger partial charge in [0.05, 0.1) is 10.4 Å². The molecule has 0 amide bonds. The summed E-state index contributed by atoms with van der Waals surface area (Å²) in [4.78, 5) is 7.31. The second kappa shape index (κ2) is 7.40. The van der Waals surface area contributed by atoms with Gasteiger partial charge < -0.3 is 4.90 Å². The van der Waals surface area contributed by atoms with Gasteiger partial charge in [0.15, 0.2) is 5.65 Å². The molecule has 0 atom stereocenters. The molecule has 0 spiro atoms. The summed E-state index contributed by atoms with van der Waals surface area (Å²) in [6, 6.07) is 14.3. The van der Waals surface area contributed by atoms with Crippen LogP contribution in [0.25, 0.3) is 16.6 Å². The molecule has 164 valence electrons. The number of piperazine rings is 1. The minimum Gasteiger partial charge on any atom is -0.339 e. The number of nitrogens with zero attached hydrogens (tertiary/aromatic N) is 6. The molecule has 2 aromatic heterocycles. The quantitative estimate of drug-likeness (QED) is 0.457. The van der Waals surface area contributed by atoms with Gasteiger partial charge in [0.1, 0.15) is 5.82 Å². The molecule has 4 aromatic rings. The van der Waals surface area contributed by atoms with Gasteiger partial charge in [-0.05, 0) is 43.2 Å². The first kappa shape index (κ1) is 19.9. The average molecular weight is 469 g/mol. The van der Waals surface area contributed by atoms with E-state index < -0.39 is 10.0 Å². The number of para-hydroxylation sites is 1. The first-order valence-electron chi connectivity index (χ1n) is 10.7. The van der Waals surface area contributed by atoms with Gasteiger partial charge in [-0.25, -0.2) is 17.8 Å². The van der Waals surface area contributed by atoms with Crippen molar-refractivity contribution in [3.63, 3.8) is 0 Å². The minimum atomic E-state index is -3.60. The van der Waals surface area contributed by atoms with Crippen LogP contribution >= 0.6 is 11.6 Å². The zero-order valence-electron chi connectivity index (χ0n) is 17.2. The maximum atomic E-state index is 13.1. The van der Waals surface area contributed by atoms with Gasteiger partial charge in [-0.15, -0.1) is 10.2 Å². The van der Waals surface area contributed by atoms with Crippen molar-refractivity contribution in [2.24, 2.45) is 0 Å². The van der Waals surface area contributed by atoms with Crippen LogP contribution in [0.2, 0.25) is 5.02 Å². The zero-order chi connectivity index (χ0) is 21.9. The SMILES string of the molecule is O=S(=O)(c1cccc(Cl)c1)N1CCN(c2nc3ccccc3c3nnc(C4CC4)n23)CC1. The molecule has 0 N–H and O–H groups in total. The molecule has 32 heavy (non-hydrogen) atoms. The molecule has 0 bridgehead atoms. The van der Waals surface area contributed by atoms with E-state index in [0.29, 0.717) is 37.1 Å². The highest BCUT2D eigenvalue weighted by Crippen LogP contribution is 2.40. The van der Waals surface area contributed by atoms with Gasteiger partial charge >= 0.3 is 0 Å². The Kier molecular flexibility index (Phi) is 4.60. The molecule has 2 aromatic carbocycles. The lowest BCUT2D eigenvalue weighted by atomic mass is 10.2. The molecule has 1 saturated heterocycles. The van der Waals surface area contributed by atoms with E-state index in [1.54, 1.807) is 18.2 Å². The third-order valence-corrected chi connectivity index (χ3v) is 8.28. The van der Waals surface area contributed by atoms with E-state index in [4.69, 9.17) is 16.6 Å². The molecule has 1 saturated carbocycles. The van der Waals surface area contributed by atoms with Gasteiger partial charge in [-0.1, -0.05) is 29.8 Å². The van der Waals surface area contributed by atoms with Crippen molar-refractivity contribution in [2.45, 2.75) is 23.7 Å². The summed E-state index contributed by atoms with van der Waals surface area (Å²) >= 11 is 6.02. The largest absolute Gasteiger partial charge is 0.339 e. The van der Waals surface area contributed by atoms with Crippen LogP contribution in [-0.4, -0.2) is 58.5 Å². The Morgan fingerprint density at radius 1 is 0.938 bits per heavy atom. The van der Waals surface area contributed by atoms with Gasteiger partial charge in [-0.2, -0.15) is 4.31 Å². The van der Waals surface area contributed by atoms with Crippen LogP contribution in [0, 0.1) is 0 Å². The third-order valence-electron chi connectivity index (χ3n) is 6.15. The minimum absolute atomic E-state index is 0.222. The summed E-state index contributed by atoms with van der Waals surface area (Å²) in [7, 11) is -3.60. The molecule has 1 aliphatic heterocycles. The number of sulfonamides is 1. The van der Waals surface area contributed by atoms with Gasteiger partial charge in [0.2, 0.25) is 16.0 Å². The van der Waals surface area contributed by atoms with Crippen LogP contribution in [0.15, 0.2) is 53.4 Å². The Labute approximate surface area is 190 Å². The van der Waals surface area contributed by atoms with Gasteiger partial charge in [0.25, 0.3) is 0 Å². The highest BCUT2D eigenvalue weighted by molar-refractivity contribution is 7.89. The number of aromatic nitrogens is 4. The first-order chi connectivity index (χ1) is 15.5. The van der Waals surface area contributed by atoms with Gasteiger partial charge in [0, 0.05) is 42.5 Å². The number of hydrogen-bond acceptors (Lipinski definition) is 6. The van der Waals surface area contributed by atoms with Crippen molar-refractivity contribution >= 4 is 44.1 Å². The fourth-order valence-electron chi connectivity index (χ4n) is 4.31. The van der Waals surface area contributed by atoms with E-state index >= 15 is 0 Å². The lowest BCUT2D eigenvalue weighted by molar-refractivity contribution is 0.382. The average Bonchev–Trinajstić information content (AvgIpc) is 3.56. The molecule has 10 heteroatoms. The van der Waals surface area contributed by atoms with Crippen LogP contribution in [0.1, 0.15) is 24.6 Å². The van der Waals surface area contributed by atoms with Crippen LogP contribution < -0.4 is 4.90 Å². The number of halogens is 1. The number of benzene rings is 2. The number of fused-ring (bicyclic) bond motifs is 3. The summed E-state index contributed by atoms with van der Waals surface area (Å²) in [6.45, 7) is 1.79. The molecule has 6 rings (SSSR count). The van der Waals surface area contributed by atoms with Crippen molar-refractivity contribution in [2.75, 3.05) is 31.1 Å². The Balaban J connectivity index is 1.35. The normalized spacial score (nSPS) is 18.0. The Hall–Kier alpha value is -2.75. The molecule has 8 nitrogen and oxygen atoms in total. The molecule has 2 aliphatic rings. The Morgan fingerprint density at radius 2 is 1.72 bits per heavy atom. The van der Waals surface area contributed by atoms with Crippen LogP contribution in [-0.2, 0) is 10.0 Å². The summed E-state index contributed by atoms with van der Waals surface area (Å²) in [5.41, 5.74) is 1.67. The summed E-state index contributed by atoms with van der Waals surface area (Å²) in [5.74, 6) is 2.14. The van der Waals surface area contributed by atoms with Crippen molar-refractivity contribution < 1.29 is 8.42 Å². The molecule has 0 unspecified atom stereocenters. The van der Waals surface area contributed by atoms with Gasteiger partial charge in [-0.3, -0.25) is 0 Å². The highest BCUT2D eigenvalue weighted by atomic mass is 35.5. The van der Waals surface area contributed by atoms with Crippen molar-refractivity contribution in [3.8, 4) is 0 Å². The van der Waals surface area contributed by atoms with Crippen molar-refractivity contribution in [3.05, 3.63) is 59.4 Å². The maximum absolute atomic E-state index is 13.1. The molecule has 3 heterocycles. The molecular formula is C22H21ClN6O2S. The van der Waals surface area contributed by atoms with Crippen LogP contribution in [0.5, 0.6) is 0 Å². The predicted molar refractivity (Wildman–Crippen MR) is 123 cm³/mol. The molecule has 0 radical (unpaired) electrons. The lowest BCUT2D eigenvalue weighted by Gasteiger charge is -2.35. The fourth-order valence-corrected chi connectivity index (χ4v) is 6.03. The molecular weight excluding hydrogens is 448 g/mol. The summed E-state index contributed by atoms with van der Waals surface area (Å²) in [6.07, 6.45) is 2.22. The summed E-state index contributed by atoms with van der Waals surface area (Å²) < 4.78 is 29.8. The number of rotatable bonds is 4. The van der Waals surface area contributed by atoms with E-state index in [0.717, 1.165) is 41.2 Å².